The van der Waals surface area contributed by atoms with Crippen molar-refractivity contribution in [3.05, 3.63) is 24.2 Å². The van der Waals surface area contributed by atoms with Crippen molar-refractivity contribution < 1.29 is 9.15 Å². The van der Waals surface area contributed by atoms with E-state index < -0.39 is 0 Å². The standard InChI is InChI=1S/C10H16O2/c1-9(5-3-7-11-2)10-6-4-8-12-10/h4,6,8-9H,3,5,7H2,1-2H3. The van der Waals surface area contributed by atoms with Crippen molar-refractivity contribution in [3.8, 4) is 0 Å². The maximum absolute atomic E-state index is 5.29. The first-order valence-corrected chi connectivity index (χ1v) is 4.37. The highest BCUT2D eigenvalue weighted by molar-refractivity contribution is 5.03. The van der Waals surface area contributed by atoms with Crippen LogP contribution in [0, 0.1) is 0 Å². The first kappa shape index (κ1) is 9.33. The molecule has 2 nitrogen and oxygen atoms in total. The number of hydrogen-bond acceptors (Lipinski definition) is 2. The molecule has 2 heteroatoms. The van der Waals surface area contributed by atoms with Crippen molar-refractivity contribution in [1.82, 2.24) is 0 Å². The monoisotopic (exact) mass is 168 g/mol. The molecule has 1 aromatic heterocycles. The quantitative estimate of drug-likeness (QED) is 0.631. The molecule has 12 heavy (non-hydrogen) atoms. The van der Waals surface area contributed by atoms with E-state index in [4.69, 9.17) is 9.15 Å². The topological polar surface area (TPSA) is 22.4 Å². The molecule has 1 heterocycles. The maximum atomic E-state index is 5.29. The van der Waals surface area contributed by atoms with Crippen molar-refractivity contribution in [1.29, 1.82) is 0 Å². The predicted octanol–water partition coefficient (Wildman–Crippen LogP) is 2.81. The van der Waals surface area contributed by atoms with E-state index in [1.165, 1.54) is 0 Å². The van der Waals surface area contributed by atoms with Crippen molar-refractivity contribution in [2.24, 2.45) is 0 Å². The third-order valence-electron chi connectivity index (χ3n) is 2.01. The Bertz CT molecular complexity index is 192. The Morgan fingerprint density at radius 2 is 2.42 bits per heavy atom. The van der Waals surface area contributed by atoms with Crippen LogP contribution >= 0.6 is 0 Å². The first-order chi connectivity index (χ1) is 5.84. The molecule has 0 saturated carbocycles. The Morgan fingerprint density at radius 1 is 1.58 bits per heavy atom. The molecule has 0 aliphatic rings. The molecule has 1 rings (SSSR count). The molecule has 1 aromatic rings. The van der Waals surface area contributed by atoms with Gasteiger partial charge in [-0.3, -0.25) is 0 Å². The van der Waals surface area contributed by atoms with E-state index in [2.05, 4.69) is 6.92 Å². The van der Waals surface area contributed by atoms with E-state index in [1.807, 2.05) is 12.1 Å². The third kappa shape index (κ3) is 2.70. The average Bonchev–Trinajstić information content (AvgIpc) is 2.56. The SMILES string of the molecule is COCCCC(C)c1ccco1. The minimum Gasteiger partial charge on any atom is -0.469 e. The molecule has 0 fully saturated rings. The second-order valence-electron chi connectivity index (χ2n) is 3.05. The number of methoxy groups -OCH3 is 1. The summed E-state index contributed by atoms with van der Waals surface area (Å²) < 4.78 is 10.3. The van der Waals surface area contributed by atoms with Crippen LogP contribution in [-0.2, 0) is 4.74 Å². The van der Waals surface area contributed by atoms with Gasteiger partial charge in [-0.15, -0.1) is 0 Å². The second kappa shape index (κ2) is 4.99. The van der Waals surface area contributed by atoms with Crippen LogP contribution in [0.3, 0.4) is 0 Å². The predicted molar refractivity (Wildman–Crippen MR) is 48.2 cm³/mol. The molecular formula is C10H16O2. The molecule has 0 radical (unpaired) electrons. The Hall–Kier alpha value is -0.760. The fourth-order valence-corrected chi connectivity index (χ4v) is 1.25. The largest absolute Gasteiger partial charge is 0.469 e. The third-order valence-corrected chi connectivity index (χ3v) is 2.01. The van der Waals surface area contributed by atoms with Crippen molar-refractivity contribution >= 4 is 0 Å². The normalized spacial score (nSPS) is 13.2. The van der Waals surface area contributed by atoms with Crippen molar-refractivity contribution in [3.63, 3.8) is 0 Å². The molecule has 0 aliphatic heterocycles. The fraction of sp³-hybridized carbons (Fsp3) is 0.600. The van der Waals surface area contributed by atoms with Gasteiger partial charge in [-0.1, -0.05) is 6.92 Å². The molecule has 68 valence electrons. The molecule has 0 bridgehead atoms. The van der Waals surface area contributed by atoms with E-state index >= 15 is 0 Å². The molecular weight excluding hydrogens is 152 g/mol. The minimum atomic E-state index is 0.509. The van der Waals surface area contributed by atoms with E-state index in [0.717, 1.165) is 25.2 Å². The Kier molecular flexibility index (Phi) is 3.88. The lowest BCUT2D eigenvalue weighted by Gasteiger charge is -2.06. The minimum absolute atomic E-state index is 0.509. The lowest BCUT2D eigenvalue weighted by molar-refractivity contribution is 0.190. The molecule has 0 aromatic carbocycles. The van der Waals surface area contributed by atoms with Gasteiger partial charge >= 0.3 is 0 Å². The van der Waals surface area contributed by atoms with Crippen LogP contribution in [0.4, 0.5) is 0 Å². The number of furan rings is 1. The van der Waals surface area contributed by atoms with Gasteiger partial charge in [0.1, 0.15) is 5.76 Å². The number of ether oxygens (including phenoxy) is 1. The summed E-state index contributed by atoms with van der Waals surface area (Å²) in [6.07, 6.45) is 3.95. The maximum Gasteiger partial charge on any atom is 0.106 e. The molecule has 0 aliphatic carbocycles. The number of rotatable bonds is 5. The number of hydrogen-bond donors (Lipinski definition) is 0. The van der Waals surface area contributed by atoms with E-state index in [9.17, 15) is 0 Å². The van der Waals surface area contributed by atoms with Gasteiger partial charge < -0.3 is 9.15 Å². The summed E-state index contributed by atoms with van der Waals surface area (Å²) >= 11 is 0. The van der Waals surface area contributed by atoms with Crippen LogP contribution in [0.15, 0.2) is 22.8 Å². The van der Waals surface area contributed by atoms with Crippen LogP contribution in [0.5, 0.6) is 0 Å². The highest BCUT2D eigenvalue weighted by atomic mass is 16.5. The summed E-state index contributed by atoms with van der Waals surface area (Å²) in [7, 11) is 1.73. The smallest absolute Gasteiger partial charge is 0.106 e. The average molecular weight is 168 g/mol. The summed E-state index contributed by atoms with van der Waals surface area (Å²) in [4.78, 5) is 0. The van der Waals surface area contributed by atoms with Gasteiger partial charge in [0.05, 0.1) is 6.26 Å². The lowest BCUT2D eigenvalue weighted by Crippen LogP contribution is -1.95. The Balaban J connectivity index is 2.25. The molecule has 0 N–H and O–H groups in total. The van der Waals surface area contributed by atoms with Crippen molar-refractivity contribution in [2.75, 3.05) is 13.7 Å². The van der Waals surface area contributed by atoms with Crippen LogP contribution in [0.2, 0.25) is 0 Å². The van der Waals surface area contributed by atoms with Crippen LogP contribution in [0.1, 0.15) is 31.4 Å². The molecule has 1 atom stereocenters. The van der Waals surface area contributed by atoms with Gasteiger partial charge in [-0.25, -0.2) is 0 Å². The Morgan fingerprint density at radius 3 is 3.00 bits per heavy atom. The zero-order valence-corrected chi connectivity index (χ0v) is 7.75. The Labute approximate surface area is 73.5 Å². The summed E-state index contributed by atoms with van der Waals surface area (Å²) in [5.41, 5.74) is 0. The summed E-state index contributed by atoms with van der Waals surface area (Å²) in [6, 6.07) is 3.96. The lowest BCUT2D eigenvalue weighted by atomic mass is 10.0. The van der Waals surface area contributed by atoms with Gasteiger partial charge in [0, 0.05) is 19.6 Å². The van der Waals surface area contributed by atoms with E-state index in [1.54, 1.807) is 13.4 Å². The zero-order chi connectivity index (χ0) is 8.81. The van der Waals surface area contributed by atoms with Crippen molar-refractivity contribution in [2.45, 2.75) is 25.7 Å². The fourth-order valence-electron chi connectivity index (χ4n) is 1.25. The van der Waals surface area contributed by atoms with E-state index in [0.29, 0.717) is 5.92 Å². The zero-order valence-electron chi connectivity index (χ0n) is 7.75. The van der Waals surface area contributed by atoms with Gasteiger partial charge in [0.25, 0.3) is 0 Å². The highest BCUT2D eigenvalue weighted by Gasteiger charge is 2.06. The van der Waals surface area contributed by atoms with Gasteiger partial charge in [-0.2, -0.15) is 0 Å². The summed E-state index contributed by atoms with van der Waals surface area (Å²) in [5, 5.41) is 0. The molecule has 0 saturated heterocycles. The molecule has 1 unspecified atom stereocenters. The van der Waals surface area contributed by atoms with Crippen LogP contribution in [-0.4, -0.2) is 13.7 Å². The van der Waals surface area contributed by atoms with Gasteiger partial charge in [-0.05, 0) is 25.0 Å². The van der Waals surface area contributed by atoms with Crippen LogP contribution in [0.25, 0.3) is 0 Å². The first-order valence-electron chi connectivity index (χ1n) is 4.37. The van der Waals surface area contributed by atoms with Gasteiger partial charge in [0.15, 0.2) is 0 Å². The second-order valence-corrected chi connectivity index (χ2v) is 3.05. The van der Waals surface area contributed by atoms with Crippen LogP contribution < -0.4 is 0 Å². The summed E-state index contributed by atoms with van der Waals surface area (Å²) in [5.74, 6) is 1.58. The molecule has 0 spiro atoms. The van der Waals surface area contributed by atoms with E-state index in [-0.39, 0.29) is 0 Å². The highest BCUT2D eigenvalue weighted by Crippen LogP contribution is 2.20. The molecule has 0 amide bonds. The summed E-state index contributed by atoms with van der Waals surface area (Å²) in [6.45, 7) is 3.01. The van der Waals surface area contributed by atoms with Gasteiger partial charge in [0.2, 0.25) is 0 Å².